The molecule has 1 aromatic heterocycles. The fourth-order valence-electron chi connectivity index (χ4n) is 0.987. The quantitative estimate of drug-likeness (QED) is 0.828. The van der Waals surface area contributed by atoms with Gasteiger partial charge in [0.25, 0.3) is 5.56 Å². The lowest BCUT2D eigenvalue weighted by molar-refractivity contribution is 1.20. The molecule has 5 heteroatoms. The number of hydrogen-bond donors (Lipinski definition) is 1. The van der Waals surface area contributed by atoms with E-state index in [-0.39, 0.29) is 5.56 Å². The van der Waals surface area contributed by atoms with Crippen LogP contribution >= 0.6 is 27.5 Å². The van der Waals surface area contributed by atoms with E-state index in [1.165, 1.54) is 6.20 Å². The summed E-state index contributed by atoms with van der Waals surface area (Å²) < 4.78 is 0.338. The number of aromatic nitrogens is 1. The number of rotatable bonds is 2. The average Bonchev–Trinajstić information content (AvgIpc) is 2.20. The Morgan fingerprint density at radius 3 is 2.93 bits per heavy atom. The van der Waals surface area contributed by atoms with E-state index in [1.807, 2.05) is 0 Å². The Bertz CT molecular complexity index is 451. The maximum Gasteiger partial charge on any atom is 0.264 e. The van der Waals surface area contributed by atoms with E-state index >= 15 is 0 Å². The van der Waals surface area contributed by atoms with Crippen LogP contribution in [0.5, 0.6) is 0 Å². The predicted molar refractivity (Wildman–Crippen MR) is 63.5 cm³/mol. The highest BCUT2D eigenvalue weighted by Gasteiger charge is 2.10. The van der Waals surface area contributed by atoms with Gasteiger partial charge >= 0.3 is 0 Å². The van der Waals surface area contributed by atoms with Gasteiger partial charge in [-0.3, -0.25) is 9.79 Å². The van der Waals surface area contributed by atoms with Crippen molar-refractivity contribution in [2.45, 2.75) is 6.92 Å². The lowest BCUT2D eigenvalue weighted by Crippen LogP contribution is -2.06. The van der Waals surface area contributed by atoms with Crippen LogP contribution in [0.2, 0.25) is 0 Å². The van der Waals surface area contributed by atoms with Crippen LogP contribution in [0.4, 0.5) is 5.69 Å². The largest absolute Gasteiger partial charge is 0.327 e. The summed E-state index contributed by atoms with van der Waals surface area (Å²) in [4.78, 5) is 17.5. The maximum atomic E-state index is 11.2. The van der Waals surface area contributed by atoms with E-state index < -0.39 is 0 Å². The van der Waals surface area contributed by atoms with Crippen LogP contribution in [0.25, 0.3) is 5.03 Å². The Kier molecular flexibility index (Phi) is 3.66. The summed E-state index contributed by atoms with van der Waals surface area (Å²) in [5.41, 5.74) is 0.851. The van der Waals surface area contributed by atoms with Crippen LogP contribution in [0.15, 0.2) is 26.5 Å². The molecule has 0 unspecified atom stereocenters. The van der Waals surface area contributed by atoms with Crippen LogP contribution in [0, 0.1) is 0 Å². The molecule has 1 N–H and O–H groups in total. The number of nitrogens with zero attached hydrogens (tertiary/aromatic N) is 1. The van der Waals surface area contributed by atoms with Gasteiger partial charge in [-0.2, -0.15) is 0 Å². The van der Waals surface area contributed by atoms with E-state index in [1.54, 1.807) is 13.0 Å². The van der Waals surface area contributed by atoms with E-state index in [0.717, 1.165) is 0 Å². The van der Waals surface area contributed by atoms with Gasteiger partial charge in [0, 0.05) is 16.8 Å². The lowest BCUT2D eigenvalue weighted by atomic mass is 10.2. The van der Waals surface area contributed by atoms with Crippen molar-refractivity contribution >= 4 is 45.0 Å². The Balaban J connectivity index is 3.54. The standard InChI is InChI=1S/C9H8BrClN2O/c1-3-6(11)5-4-13-9(14)7(10)8(5)12-2/h3-4H,2H2,1H3,(H,13,14)/b6-3+. The third-order valence-electron chi connectivity index (χ3n) is 1.68. The second kappa shape index (κ2) is 4.57. The molecule has 0 aliphatic carbocycles. The van der Waals surface area contributed by atoms with E-state index in [4.69, 9.17) is 11.6 Å². The number of H-pyrrole nitrogens is 1. The molecule has 14 heavy (non-hydrogen) atoms. The van der Waals surface area contributed by atoms with E-state index in [9.17, 15) is 4.79 Å². The molecule has 1 aromatic rings. The molecular formula is C9H8BrClN2O. The Morgan fingerprint density at radius 2 is 2.43 bits per heavy atom. The summed E-state index contributed by atoms with van der Waals surface area (Å²) in [5, 5.41) is 0.518. The van der Waals surface area contributed by atoms with Gasteiger partial charge in [0.15, 0.2) is 0 Å². The SMILES string of the molecule is C=Nc1c(/C(Cl)=C\C)c[nH]c(=O)c1Br. The molecule has 0 aliphatic heterocycles. The molecular weight excluding hydrogens is 267 g/mol. The molecule has 0 spiro atoms. The number of halogens is 2. The zero-order valence-electron chi connectivity index (χ0n) is 7.47. The van der Waals surface area contributed by atoms with Crippen LogP contribution < -0.4 is 5.56 Å². The molecule has 74 valence electrons. The Labute approximate surface area is 94.6 Å². The summed E-state index contributed by atoms with van der Waals surface area (Å²) in [5.74, 6) is 0. The first kappa shape index (κ1) is 11.2. The average molecular weight is 276 g/mol. The van der Waals surface area contributed by atoms with Crippen molar-refractivity contribution in [1.29, 1.82) is 0 Å². The second-order valence-electron chi connectivity index (χ2n) is 2.49. The first-order chi connectivity index (χ1) is 6.61. The molecule has 0 aromatic carbocycles. The minimum Gasteiger partial charge on any atom is -0.327 e. The number of aromatic amines is 1. The highest BCUT2D eigenvalue weighted by atomic mass is 79.9. The smallest absolute Gasteiger partial charge is 0.264 e. The van der Waals surface area contributed by atoms with E-state index in [2.05, 4.69) is 32.6 Å². The van der Waals surface area contributed by atoms with Crippen molar-refractivity contribution < 1.29 is 0 Å². The second-order valence-corrected chi connectivity index (χ2v) is 3.69. The molecule has 0 radical (unpaired) electrons. The molecule has 3 nitrogen and oxygen atoms in total. The fourth-order valence-corrected chi connectivity index (χ4v) is 1.58. The molecule has 0 amide bonds. The zero-order valence-corrected chi connectivity index (χ0v) is 9.82. The number of pyridine rings is 1. The van der Waals surface area contributed by atoms with Gasteiger partial charge in [-0.25, -0.2) is 0 Å². The van der Waals surface area contributed by atoms with Gasteiger partial charge in [-0.05, 0) is 29.6 Å². The van der Waals surface area contributed by atoms with Crippen molar-refractivity contribution in [2.24, 2.45) is 4.99 Å². The zero-order chi connectivity index (χ0) is 10.7. The summed E-state index contributed by atoms with van der Waals surface area (Å²) in [7, 11) is 0. The van der Waals surface area contributed by atoms with Gasteiger partial charge < -0.3 is 4.98 Å². The van der Waals surface area contributed by atoms with Crippen LogP contribution in [-0.4, -0.2) is 11.7 Å². The molecule has 0 aliphatic rings. The fraction of sp³-hybridized carbons (Fsp3) is 0.111. The highest BCUT2D eigenvalue weighted by Crippen LogP contribution is 2.32. The Morgan fingerprint density at radius 1 is 1.79 bits per heavy atom. The predicted octanol–water partition coefficient (Wildman–Crippen LogP) is 3.07. The molecule has 0 saturated carbocycles. The lowest BCUT2D eigenvalue weighted by Gasteiger charge is -2.04. The van der Waals surface area contributed by atoms with Gasteiger partial charge in [0.1, 0.15) is 4.47 Å². The van der Waals surface area contributed by atoms with Crippen molar-refractivity contribution in [3.8, 4) is 0 Å². The molecule has 1 heterocycles. The number of nitrogens with one attached hydrogen (secondary N) is 1. The van der Waals surface area contributed by atoms with Crippen LogP contribution in [-0.2, 0) is 0 Å². The van der Waals surface area contributed by atoms with Gasteiger partial charge in [-0.1, -0.05) is 17.7 Å². The Hall–Kier alpha value is -0.870. The molecule has 0 bridgehead atoms. The van der Waals surface area contributed by atoms with Gasteiger partial charge in [-0.15, -0.1) is 0 Å². The van der Waals surface area contributed by atoms with Gasteiger partial charge in [0.2, 0.25) is 0 Å². The first-order valence-corrected chi connectivity index (χ1v) is 4.99. The topological polar surface area (TPSA) is 45.2 Å². The molecule has 0 atom stereocenters. The monoisotopic (exact) mass is 274 g/mol. The van der Waals surface area contributed by atoms with Crippen LogP contribution in [0.1, 0.15) is 12.5 Å². The maximum absolute atomic E-state index is 11.2. The molecule has 1 rings (SSSR count). The third kappa shape index (κ3) is 1.96. The highest BCUT2D eigenvalue weighted by molar-refractivity contribution is 9.10. The van der Waals surface area contributed by atoms with E-state index in [0.29, 0.717) is 20.8 Å². The summed E-state index contributed by atoms with van der Waals surface area (Å²) in [6, 6.07) is 0. The minimum atomic E-state index is -0.253. The van der Waals surface area contributed by atoms with Crippen molar-refractivity contribution in [3.63, 3.8) is 0 Å². The number of hydrogen-bond acceptors (Lipinski definition) is 2. The minimum absolute atomic E-state index is 0.253. The first-order valence-electron chi connectivity index (χ1n) is 3.82. The normalized spacial score (nSPS) is 11.5. The summed E-state index contributed by atoms with van der Waals surface area (Å²) in [6.45, 7) is 5.19. The number of allylic oxidation sites excluding steroid dienone is 1. The number of aliphatic imine (C=N–C) groups is 1. The molecule has 0 fully saturated rings. The van der Waals surface area contributed by atoms with Crippen molar-refractivity contribution in [3.05, 3.63) is 32.7 Å². The third-order valence-corrected chi connectivity index (χ3v) is 2.84. The van der Waals surface area contributed by atoms with Gasteiger partial charge in [0.05, 0.1) is 5.69 Å². The van der Waals surface area contributed by atoms with Crippen LogP contribution in [0.3, 0.4) is 0 Å². The van der Waals surface area contributed by atoms with Crippen molar-refractivity contribution in [2.75, 3.05) is 0 Å². The summed E-state index contributed by atoms with van der Waals surface area (Å²) >= 11 is 9.05. The molecule has 0 saturated heterocycles. The van der Waals surface area contributed by atoms with Crippen molar-refractivity contribution in [1.82, 2.24) is 4.98 Å². The summed E-state index contributed by atoms with van der Waals surface area (Å²) in [6.07, 6.45) is 3.23.